The molecule has 0 unspecified atom stereocenters. The molecule has 0 fully saturated rings. The molecule has 0 aliphatic heterocycles. The molecule has 3 rings (SSSR count). The molecule has 0 atom stereocenters. The van der Waals surface area contributed by atoms with Gasteiger partial charge in [0.2, 0.25) is 0 Å². The zero-order valence-corrected chi connectivity index (χ0v) is 13.7. The third kappa shape index (κ3) is 3.48. The monoisotopic (exact) mass is 323 g/mol. The van der Waals surface area contributed by atoms with Crippen molar-refractivity contribution in [2.24, 2.45) is 0 Å². The Kier molecular flexibility index (Phi) is 4.83. The summed E-state index contributed by atoms with van der Waals surface area (Å²) in [5.41, 5.74) is 3.29. The van der Waals surface area contributed by atoms with Crippen LogP contribution in [0.4, 0.5) is 0 Å². The van der Waals surface area contributed by atoms with E-state index >= 15 is 0 Å². The second-order valence-corrected chi connectivity index (χ2v) is 5.95. The Morgan fingerprint density at radius 2 is 2.09 bits per heavy atom. The van der Waals surface area contributed by atoms with Gasteiger partial charge in [-0.1, -0.05) is 42.1 Å². The predicted molar refractivity (Wildman–Crippen MR) is 92.0 cm³/mol. The maximum absolute atomic E-state index is 4.32. The number of hydrogen-bond donors (Lipinski definition) is 0. The number of nitrogens with zero attached hydrogens (tertiary/aromatic N) is 5. The van der Waals surface area contributed by atoms with Crippen LogP contribution in [0.15, 0.2) is 60.7 Å². The maximum Gasteiger partial charge on any atom is 0.192 e. The molecule has 3 aromatic rings. The zero-order valence-electron chi connectivity index (χ0n) is 12.9. The van der Waals surface area contributed by atoms with Crippen molar-refractivity contribution in [2.75, 3.05) is 0 Å². The molecule has 0 aliphatic rings. The minimum atomic E-state index is 0.634. The molecule has 0 amide bonds. The van der Waals surface area contributed by atoms with Crippen molar-refractivity contribution < 1.29 is 0 Å². The van der Waals surface area contributed by atoms with Gasteiger partial charge < -0.3 is 0 Å². The second kappa shape index (κ2) is 7.19. The highest BCUT2D eigenvalue weighted by Gasteiger charge is 2.14. The van der Waals surface area contributed by atoms with E-state index in [1.54, 1.807) is 30.4 Å². The summed E-state index contributed by atoms with van der Waals surface area (Å²) in [6.45, 7) is 6.58. The number of allylic oxidation sites excluding steroid dienone is 1. The number of hydrogen-bond acceptors (Lipinski definition) is 5. The van der Waals surface area contributed by atoms with Gasteiger partial charge in [0.1, 0.15) is 5.69 Å². The fourth-order valence-corrected chi connectivity index (χ4v) is 3.23. The van der Waals surface area contributed by atoms with Crippen molar-refractivity contribution in [3.05, 3.63) is 66.6 Å². The van der Waals surface area contributed by atoms with Crippen LogP contribution in [-0.2, 0) is 12.3 Å². The molecule has 0 saturated heterocycles. The lowest BCUT2D eigenvalue weighted by atomic mass is 10.1. The summed E-state index contributed by atoms with van der Waals surface area (Å²) in [4.78, 5) is 8.41. The number of aryl methyl sites for hydroxylation is 1. The third-order valence-electron chi connectivity index (χ3n) is 3.44. The summed E-state index contributed by atoms with van der Waals surface area (Å²) in [5, 5.41) is 9.45. The van der Waals surface area contributed by atoms with Gasteiger partial charge in [0.05, 0.1) is 6.20 Å². The molecule has 0 radical (unpaired) electrons. The minimum absolute atomic E-state index is 0.634. The van der Waals surface area contributed by atoms with Crippen LogP contribution in [0.5, 0.6) is 0 Å². The highest BCUT2D eigenvalue weighted by molar-refractivity contribution is 7.98. The molecule has 0 N–H and O–H groups in total. The Hall–Kier alpha value is -2.47. The predicted octanol–water partition coefficient (Wildman–Crippen LogP) is 3.52. The molecule has 6 heteroatoms. The van der Waals surface area contributed by atoms with Gasteiger partial charge in [-0.25, -0.2) is 4.98 Å². The summed E-state index contributed by atoms with van der Waals surface area (Å²) in [6.07, 6.45) is 6.83. The summed E-state index contributed by atoms with van der Waals surface area (Å²) in [7, 11) is 0. The average molecular weight is 323 g/mol. The first-order chi connectivity index (χ1) is 11.3. The number of benzene rings is 1. The number of aromatic nitrogens is 5. The first-order valence-corrected chi connectivity index (χ1v) is 8.26. The van der Waals surface area contributed by atoms with E-state index in [0.29, 0.717) is 18.1 Å². The second-order valence-electron chi connectivity index (χ2n) is 5.01. The summed E-state index contributed by atoms with van der Waals surface area (Å²) in [6, 6.07) is 8.37. The van der Waals surface area contributed by atoms with Gasteiger partial charge >= 0.3 is 0 Å². The quantitative estimate of drug-likeness (QED) is 0.513. The highest BCUT2D eigenvalue weighted by Crippen LogP contribution is 2.26. The highest BCUT2D eigenvalue weighted by atomic mass is 32.2. The van der Waals surface area contributed by atoms with Crippen LogP contribution < -0.4 is 0 Å². The van der Waals surface area contributed by atoms with Crippen LogP contribution in [0.1, 0.15) is 11.1 Å². The number of rotatable bonds is 6. The van der Waals surface area contributed by atoms with Gasteiger partial charge in [-0.05, 0) is 18.1 Å². The topological polar surface area (TPSA) is 56.5 Å². The van der Waals surface area contributed by atoms with Gasteiger partial charge in [-0.15, -0.1) is 16.8 Å². The Labute approximate surface area is 139 Å². The summed E-state index contributed by atoms with van der Waals surface area (Å²) >= 11 is 1.66. The molecular weight excluding hydrogens is 306 g/mol. The van der Waals surface area contributed by atoms with Gasteiger partial charge in [-0.2, -0.15) is 0 Å². The van der Waals surface area contributed by atoms with Crippen LogP contribution in [0.2, 0.25) is 0 Å². The molecule has 23 heavy (non-hydrogen) atoms. The third-order valence-corrected chi connectivity index (χ3v) is 4.45. The Bertz CT molecular complexity index is 798. The van der Waals surface area contributed by atoms with Crippen molar-refractivity contribution >= 4 is 11.8 Å². The molecule has 0 bridgehead atoms. The SMILES string of the molecule is C=CCn1c(SCc2ccccc2C)nnc1-c1cnccn1. The van der Waals surface area contributed by atoms with E-state index in [9.17, 15) is 0 Å². The fourth-order valence-electron chi connectivity index (χ4n) is 2.21. The standard InChI is InChI=1S/C17H17N5S/c1-3-10-22-16(15-11-18-8-9-19-15)20-21-17(22)23-12-14-7-5-4-6-13(14)2/h3-9,11H,1,10,12H2,2H3. The largest absolute Gasteiger partial charge is 0.297 e. The fraction of sp³-hybridized carbons (Fsp3) is 0.176. The van der Waals surface area contributed by atoms with E-state index < -0.39 is 0 Å². The van der Waals surface area contributed by atoms with E-state index in [4.69, 9.17) is 0 Å². The van der Waals surface area contributed by atoms with Crippen LogP contribution in [-0.4, -0.2) is 24.7 Å². The molecule has 1 aromatic carbocycles. The van der Waals surface area contributed by atoms with Crippen molar-refractivity contribution in [3.63, 3.8) is 0 Å². The molecule has 0 spiro atoms. The van der Waals surface area contributed by atoms with Crippen LogP contribution in [0.3, 0.4) is 0 Å². The Morgan fingerprint density at radius 3 is 2.83 bits per heavy atom. The molecule has 2 aromatic heterocycles. The van der Waals surface area contributed by atoms with E-state index in [1.165, 1.54) is 11.1 Å². The van der Waals surface area contributed by atoms with Gasteiger partial charge in [0.25, 0.3) is 0 Å². The van der Waals surface area contributed by atoms with E-state index in [2.05, 4.69) is 57.9 Å². The van der Waals surface area contributed by atoms with Crippen molar-refractivity contribution in [3.8, 4) is 11.5 Å². The molecule has 0 saturated carbocycles. The lowest BCUT2D eigenvalue weighted by Gasteiger charge is -2.08. The van der Waals surface area contributed by atoms with Crippen molar-refractivity contribution in [1.82, 2.24) is 24.7 Å². The van der Waals surface area contributed by atoms with Gasteiger partial charge in [-0.3, -0.25) is 9.55 Å². The minimum Gasteiger partial charge on any atom is -0.297 e. The molecule has 2 heterocycles. The Balaban J connectivity index is 1.86. The van der Waals surface area contributed by atoms with Crippen LogP contribution in [0, 0.1) is 6.92 Å². The lowest BCUT2D eigenvalue weighted by Crippen LogP contribution is -2.02. The van der Waals surface area contributed by atoms with E-state index in [1.807, 2.05) is 10.6 Å². The Morgan fingerprint density at radius 1 is 1.22 bits per heavy atom. The maximum atomic E-state index is 4.32. The van der Waals surface area contributed by atoms with E-state index in [0.717, 1.165) is 10.9 Å². The van der Waals surface area contributed by atoms with E-state index in [-0.39, 0.29) is 0 Å². The first-order valence-electron chi connectivity index (χ1n) is 7.27. The van der Waals surface area contributed by atoms with Crippen LogP contribution in [0.25, 0.3) is 11.5 Å². The number of thioether (sulfide) groups is 1. The van der Waals surface area contributed by atoms with Gasteiger partial charge in [0, 0.05) is 24.7 Å². The summed E-state index contributed by atoms with van der Waals surface area (Å²) < 4.78 is 2.01. The smallest absolute Gasteiger partial charge is 0.192 e. The van der Waals surface area contributed by atoms with Crippen molar-refractivity contribution in [1.29, 1.82) is 0 Å². The molecular formula is C17H17N5S. The van der Waals surface area contributed by atoms with Crippen LogP contribution >= 0.6 is 11.8 Å². The molecule has 0 aliphatic carbocycles. The van der Waals surface area contributed by atoms with Crippen molar-refractivity contribution in [2.45, 2.75) is 24.4 Å². The lowest BCUT2D eigenvalue weighted by molar-refractivity contribution is 0.729. The molecule has 5 nitrogen and oxygen atoms in total. The average Bonchev–Trinajstić information content (AvgIpc) is 2.98. The zero-order chi connectivity index (χ0) is 16.1. The molecule has 116 valence electrons. The normalized spacial score (nSPS) is 10.7. The first kappa shape index (κ1) is 15.4. The summed E-state index contributed by atoms with van der Waals surface area (Å²) in [5.74, 6) is 1.56. The van der Waals surface area contributed by atoms with Gasteiger partial charge in [0.15, 0.2) is 11.0 Å².